The molecule has 0 bridgehead atoms. The van der Waals surface area contributed by atoms with Crippen LogP contribution in [0.3, 0.4) is 0 Å². The summed E-state index contributed by atoms with van der Waals surface area (Å²) in [7, 11) is -3.13. The summed E-state index contributed by atoms with van der Waals surface area (Å²) < 4.78 is 24.0. The molecule has 0 radical (unpaired) electrons. The largest absolute Gasteiger partial charge is 0.326 e. The minimum absolute atomic E-state index is 0.396. The van der Waals surface area contributed by atoms with E-state index in [1.54, 1.807) is 0 Å². The molecular formula is C14H21NO2S. The topological polar surface area (TPSA) is 60.2 Å². The van der Waals surface area contributed by atoms with E-state index >= 15 is 0 Å². The molecule has 0 aromatic heterocycles. The van der Waals surface area contributed by atoms with Gasteiger partial charge in [0.1, 0.15) is 0 Å². The fraction of sp³-hybridized carbons (Fsp3) is 0.571. The van der Waals surface area contributed by atoms with Crippen LogP contribution in [0.1, 0.15) is 43.2 Å². The van der Waals surface area contributed by atoms with Gasteiger partial charge in [-0.25, -0.2) is 8.42 Å². The first-order chi connectivity index (χ1) is 8.51. The molecule has 1 fully saturated rings. The quantitative estimate of drug-likeness (QED) is 0.914. The lowest BCUT2D eigenvalue weighted by atomic mass is 9.81. The zero-order valence-corrected chi connectivity index (χ0v) is 11.7. The van der Waals surface area contributed by atoms with Gasteiger partial charge in [0, 0.05) is 12.8 Å². The summed E-state index contributed by atoms with van der Waals surface area (Å²) in [6.45, 7) is 0.396. The molecule has 1 aromatic rings. The van der Waals surface area contributed by atoms with Crippen LogP contribution in [0, 0.1) is 0 Å². The Morgan fingerprint density at radius 1 is 1.17 bits per heavy atom. The maximum atomic E-state index is 12.3. The van der Waals surface area contributed by atoms with Crippen molar-refractivity contribution in [3.05, 3.63) is 35.4 Å². The molecule has 0 saturated heterocycles. The lowest BCUT2D eigenvalue weighted by Crippen LogP contribution is -2.38. The Morgan fingerprint density at radius 2 is 1.78 bits per heavy atom. The lowest BCUT2D eigenvalue weighted by Gasteiger charge is -2.37. The highest BCUT2D eigenvalue weighted by Crippen LogP contribution is 2.44. The van der Waals surface area contributed by atoms with Gasteiger partial charge in [-0.2, -0.15) is 0 Å². The minimum atomic E-state index is -3.13. The first-order valence-electron chi connectivity index (χ1n) is 6.49. The van der Waals surface area contributed by atoms with Crippen LogP contribution in [0.25, 0.3) is 0 Å². The summed E-state index contributed by atoms with van der Waals surface area (Å²) in [4.78, 5) is 0. The van der Waals surface area contributed by atoms with E-state index in [1.165, 1.54) is 6.26 Å². The van der Waals surface area contributed by atoms with Crippen LogP contribution in [0.15, 0.2) is 24.3 Å². The van der Waals surface area contributed by atoms with E-state index in [-0.39, 0.29) is 0 Å². The number of sulfone groups is 1. The molecule has 3 nitrogen and oxygen atoms in total. The predicted octanol–water partition coefficient (Wildman–Crippen LogP) is 2.35. The molecule has 1 aromatic carbocycles. The second-order valence-electron chi connectivity index (χ2n) is 5.19. The number of nitrogens with two attached hydrogens (primary N) is 1. The van der Waals surface area contributed by atoms with Crippen LogP contribution in [-0.2, 0) is 21.1 Å². The van der Waals surface area contributed by atoms with Gasteiger partial charge in [-0.1, -0.05) is 43.5 Å². The second-order valence-corrected chi connectivity index (χ2v) is 7.51. The van der Waals surface area contributed by atoms with E-state index in [1.807, 2.05) is 24.3 Å². The van der Waals surface area contributed by atoms with Crippen molar-refractivity contribution >= 4 is 9.84 Å². The molecule has 0 heterocycles. The van der Waals surface area contributed by atoms with Crippen molar-refractivity contribution in [2.45, 2.75) is 43.4 Å². The van der Waals surface area contributed by atoms with E-state index in [0.717, 1.165) is 43.2 Å². The van der Waals surface area contributed by atoms with Gasteiger partial charge in [-0.15, -0.1) is 0 Å². The van der Waals surface area contributed by atoms with Crippen LogP contribution in [0.4, 0.5) is 0 Å². The van der Waals surface area contributed by atoms with E-state index in [4.69, 9.17) is 5.73 Å². The average Bonchev–Trinajstić information content (AvgIpc) is 2.38. The van der Waals surface area contributed by atoms with Gasteiger partial charge in [0.2, 0.25) is 0 Å². The predicted molar refractivity (Wildman–Crippen MR) is 73.9 cm³/mol. The van der Waals surface area contributed by atoms with Gasteiger partial charge in [0.25, 0.3) is 0 Å². The van der Waals surface area contributed by atoms with Crippen molar-refractivity contribution in [1.82, 2.24) is 0 Å². The maximum Gasteiger partial charge on any atom is 0.157 e. The molecule has 100 valence electrons. The molecule has 1 saturated carbocycles. The van der Waals surface area contributed by atoms with E-state index in [0.29, 0.717) is 6.54 Å². The van der Waals surface area contributed by atoms with Crippen LogP contribution in [0.2, 0.25) is 0 Å². The highest BCUT2D eigenvalue weighted by atomic mass is 32.2. The van der Waals surface area contributed by atoms with E-state index in [2.05, 4.69) is 0 Å². The summed E-state index contributed by atoms with van der Waals surface area (Å²) in [5.74, 6) is 0. The van der Waals surface area contributed by atoms with Crippen LogP contribution < -0.4 is 5.73 Å². The summed E-state index contributed by atoms with van der Waals surface area (Å²) in [6.07, 6.45) is 5.90. The Hall–Kier alpha value is -0.870. The van der Waals surface area contributed by atoms with Crippen molar-refractivity contribution in [1.29, 1.82) is 0 Å². The number of rotatable bonds is 3. The smallest absolute Gasteiger partial charge is 0.157 e. The Labute approximate surface area is 109 Å². The third kappa shape index (κ3) is 2.19. The SMILES string of the molecule is CS(=O)(=O)C1(c2ccccc2CN)CCCCC1. The third-order valence-electron chi connectivity index (χ3n) is 4.10. The van der Waals surface area contributed by atoms with E-state index < -0.39 is 14.6 Å². The standard InChI is InChI=1S/C14H21NO2S/c1-18(16,17)14(9-5-2-6-10-14)13-8-4-3-7-12(13)11-15/h3-4,7-8H,2,5-6,9-11,15H2,1H3. The average molecular weight is 267 g/mol. The van der Waals surface area contributed by atoms with Gasteiger partial charge in [-0.05, 0) is 24.0 Å². The third-order valence-corrected chi connectivity index (χ3v) is 6.15. The molecule has 0 unspecified atom stereocenters. The molecule has 1 aliphatic carbocycles. The van der Waals surface area contributed by atoms with Crippen molar-refractivity contribution in [3.63, 3.8) is 0 Å². The Morgan fingerprint density at radius 3 is 2.33 bits per heavy atom. The first-order valence-corrected chi connectivity index (χ1v) is 8.38. The highest BCUT2D eigenvalue weighted by molar-refractivity contribution is 7.91. The van der Waals surface area contributed by atoms with Gasteiger partial charge >= 0.3 is 0 Å². The van der Waals surface area contributed by atoms with Crippen molar-refractivity contribution in [2.24, 2.45) is 5.73 Å². The van der Waals surface area contributed by atoms with Crippen molar-refractivity contribution in [2.75, 3.05) is 6.26 Å². The molecule has 4 heteroatoms. The number of hydrogen-bond acceptors (Lipinski definition) is 3. The summed E-state index contributed by atoms with van der Waals surface area (Å²) in [6, 6.07) is 7.71. The molecule has 0 aliphatic heterocycles. The molecule has 0 spiro atoms. The molecule has 1 aliphatic rings. The second kappa shape index (κ2) is 5.02. The Kier molecular flexibility index (Phi) is 3.78. The van der Waals surface area contributed by atoms with Crippen molar-refractivity contribution in [3.8, 4) is 0 Å². The zero-order chi connectivity index (χ0) is 13.2. The molecule has 2 rings (SSSR count). The Bertz CT molecular complexity index is 516. The fourth-order valence-corrected chi connectivity index (χ4v) is 4.73. The van der Waals surface area contributed by atoms with Gasteiger partial charge < -0.3 is 5.73 Å². The summed E-state index contributed by atoms with van der Waals surface area (Å²) in [5, 5.41) is 0. The molecule has 18 heavy (non-hydrogen) atoms. The van der Waals surface area contributed by atoms with Gasteiger partial charge in [0.15, 0.2) is 9.84 Å². The van der Waals surface area contributed by atoms with Gasteiger partial charge in [-0.3, -0.25) is 0 Å². The first kappa shape index (κ1) is 13.6. The van der Waals surface area contributed by atoms with Crippen LogP contribution in [-0.4, -0.2) is 14.7 Å². The van der Waals surface area contributed by atoms with Crippen LogP contribution >= 0.6 is 0 Å². The molecule has 0 amide bonds. The summed E-state index contributed by atoms with van der Waals surface area (Å²) >= 11 is 0. The van der Waals surface area contributed by atoms with Crippen molar-refractivity contribution < 1.29 is 8.42 Å². The normalized spacial score (nSPS) is 19.7. The Balaban J connectivity index is 2.60. The minimum Gasteiger partial charge on any atom is -0.326 e. The van der Waals surface area contributed by atoms with E-state index in [9.17, 15) is 8.42 Å². The number of hydrogen-bond donors (Lipinski definition) is 1. The summed E-state index contributed by atoms with van der Waals surface area (Å²) in [5.41, 5.74) is 7.65. The lowest BCUT2D eigenvalue weighted by molar-refractivity contribution is 0.380. The monoisotopic (exact) mass is 267 g/mol. The van der Waals surface area contributed by atoms with Crippen LogP contribution in [0.5, 0.6) is 0 Å². The molecular weight excluding hydrogens is 246 g/mol. The number of benzene rings is 1. The molecule has 0 atom stereocenters. The maximum absolute atomic E-state index is 12.3. The fourth-order valence-electron chi connectivity index (χ4n) is 3.11. The highest BCUT2D eigenvalue weighted by Gasteiger charge is 2.44. The van der Waals surface area contributed by atoms with Gasteiger partial charge in [0.05, 0.1) is 4.75 Å². The molecule has 2 N–H and O–H groups in total. The zero-order valence-electron chi connectivity index (χ0n) is 10.9.